The molecule has 0 atom stereocenters. The van der Waals surface area contributed by atoms with E-state index in [1.54, 1.807) is 72.7 Å². The molecule has 0 bridgehead atoms. The summed E-state index contributed by atoms with van der Waals surface area (Å²) >= 11 is 4.91. The van der Waals surface area contributed by atoms with Crippen molar-refractivity contribution in [1.82, 2.24) is 15.5 Å². The molecule has 0 saturated heterocycles. The van der Waals surface area contributed by atoms with Gasteiger partial charge >= 0.3 is 29.6 Å². The molecular weight excluding hydrogens is 1750 g/mol. The number of ether oxygens (including phenoxy) is 3. The van der Waals surface area contributed by atoms with Crippen LogP contribution in [0.5, 0.6) is 34.5 Å². The van der Waals surface area contributed by atoms with Gasteiger partial charge in [0.2, 0.25) is 30.1 Å². The Balaban J connectivity index is -0.000000992. The zero-order valence-corrected chi connectivity index (χ0v) is 64.0. The number of carbonyl (C=O) groups excluding carboxylic acids is 1. The van der Waals surface area contributed by atoms with Crippen molar-refractivity contribution in [3.05, 3.63) is 144 Å². The van der Waals surface area contributed by atoms with Crippen LogP contribution >= 0.6 is 35.3 Å². The van der Waals surface area contributed by atoms with Crippen LogP contribution in [0.25, 0.3) is 0 Å². The van der Waals surface area contributed by atoms with Crippen molar-refractivity contribution in [3.63, 3.8) is 0 Å². The summed E-state index contributed by atoms with van der Waals surface area (Å²) in [5.74, 6) is 2.92. The molecule has 19 nitrogen and oxygen atoms in total. The van der Waals surface area contributed by atoms with Gasteiger partial charge in [0.15, 0.2) is 0 Å². The monoisotopic (exact) mass is 1810 g/mol. The molecule has 0 aliphatic carbocycles. The van der Waals surface area contributed by atoms with Gasteiger partial charge in [-0.25, -0.2) is 40.7 Å². The molecule has 398 valence electrons. The first kappa shape index (κ1) is 80.4. The third kappa shape index (κ3) is 28.4. The molecule has 30 heteroatoms. The summed E-state index contributed by atoms with van der Waals surface area (Å²) in [4.78, 5) is 17.3. The van der Waals surface area contributed by atoms with Crippen molar-refractivity contribution in [1.29, 1.82) is 0 Å². The summed E-state index contributed by atoms with van der Waals surface area (Å²) < 4.78 is 86.3. The summed E-state index contributed by atoms with van der Waals surface area (Å²) in [5.41, 5.74) is 1.58. The molecule has 0 saturated carbocycles. The van der Waals surface area contributed by atoms with E-state index in [1.165, 1.54) is 43.4 Å². The van der Waals surface area contributed by atoms with Crippen molar-refractivity contribution in [2.24, 2.45) is 15.4 Å². The van der Waals surface area contributed by atoms with Crippen LogP contribution in [0.15, 0.2) is 157 Å². The maximum atomic E-state index is 12.0. The van der Waals surface area contributed by atoms with Crippen LogP contribution in [0, 0.1) is 132 Å². The van der Waals surface area contributed by atoms with E-state index >= 15 is 0 Å². The van der Waals surface area contributed by atoms with Gasteiger partial charge in [0.05, 0.1) is 20.2 Å². The fraction of sp³-hybridized carbons (Fsp3) is 0.196. The van der Waals surface area contributed by atoms with Gasteiger partial charge in [-0.1, -0.05) is 0 Å². The molecule has 6 radical (unpaired) electrons. The summed E-state index contributed by atoms with van der Waals surface area (Å²) in [6.45, 7) is 1.02. The Morgan fingerprint density at radius 3 is 1.14 bits per heavy atom. The Bertz CT molecular complexity index is 3020. The SMILES string of the molecule is CNC(=O)c1cc(S(N)(=O)=O)ccc1Oc1ccc(SC)cc1.CNCc1cc(S(N)(=O)=O)ccc1Oc1ccc(SC)cc1.CSc1ccc(Oc2ccc(S(N)(=O)=O)cc2CN(C)C)cc1.OO.[Ac].[Ac].[Ac].[B-]O.[Na+]. The topological polar surface area (TPSA) is 313 Å². The average molecular weight is 1810 g/mol. The first-order chi connectivity index (χ1) is 34.1. The van der Waals surface area contributed by atoms with E-state index in [0.717, 1.165) is 25.8 Å². The second kappa shape index (κ2) is 41.2. The predicted molar refractivity (Wildman–Crippen MR) is 285 cm³/mol. The Labute approximate surface area is 590 Å². The van der Waals surface area contributed by atoms with Crippen molar-refractivity contribution in [2.45, 2.75) is 42.5 Å². The van der Waals surface area contributed by atoms with E-state index in [9.17, 15) is 30.0 Å². The van der Waals surface area contributed by atoms with Gasteiger partial charge in [-0.3, -0.25) is 15.3 Å². The summed E-state index contributed by atoms with van der Waals surface area (Å²) in [5, 5.41) is 39.4. The molecule has 11 N–H and O–H groups in total. The van der Waals surface area contributed by atoms with Gasteiger partial charge in [-0.2, -0.15) is 0 Å². The molecule has 0 aromatic heterocycles. The minimum atomic E-state index is -3.90. The number of amides is 1. The normalized spacial score (nSPS) is 10.4. The summed E-state index contributed by atoms with van der Waals surface area (Å²) in [6.07, 6.45) is 5.98. The number of thioether (sulfide) groups is 3. The molecule has 76 heavy (non-hydrogen) atoms. The number of sulfonamides is 3. The van der Waals surface area contributed by atoms with Gasteiger partial charge in [0.1, 0.15) is 34.5 Å². The van der Waals surface area contributed by atoms with Crippen LogP contribution < -0.4 is 69.8 Å². The fourth-order valence-electron chi connectivity index (χ4n) is 5.86. The average Bonchev–Trinajstić information content (AvgIpc) is 3.36. The van der Waals surface area contributed by atoms with Crippen LogP contribution in [0.3, 0.4) is 0 Å². The van der Waals surface area contributed by atoms with Crippen molar-refractivity contribution in [3.8, 4) is 34.5 Å². The smallest absolute Gasteiger partial charge is 0.715 e. The number of carbonyl (C=O) groups is 1. The summed E-state index contributed by atoms with van der Waals surface area (Å²) in [6, 6.07) is 35.9. The van der Waals surface area contributed by atoms with E-state index in [2.05, 4.69) is 18.7 Å². The Hall–Kier alpha value is 0.160. The Morgan fingerprint density at radius 2 is 0.842 bits per heavy atom. The number of nitrogens with two attached hydrogens (primary N) is 3. The molecule has 0 aliphatic heterocycles. The van der Waals surface area contributed by atoms with Gasteiger partial charge in [-0.05, 0) is 167 Å². The van der Waals surface area contributed by atoms with Gasteiger partial charge < -0.3 is 42.8 Å². The number of primary sulfonamides is 3. The molecule has 0 unspecified atom stereocenters. The molecule has 0 heterocycles. The third-order valence-corrected chi connectivity index (χ3v) is 14.2. The van der Waals surface area contributed by atoms with Crippen LogP contribution in [-0.4, -0.2) is 107 Å². The van der Waals surface area contributed by atoms with Gasteiger partial charge in [-0.15, -0.1) is 35.3 Å². The summed E-state index contributed by atoms with van der Waals surface area (Å²) in [7, 11) is -0.836. The molecule has 0 spiro atoms. The number of rotatable bonds is 17. The largest absolute Gasteiger partial charge is 1.00 e. The Morgan fingerprint density at radius 1 is 0.539 bits per heavy atom. The molecule has 0 aliphatic rings. The van der Waals surface area contributed by atoms with Crippen molar-refractivity contribution >= 4 is 79.3 Å². The molecule has 6 rings (SSSR count). The number of hydrogen-bond acceptors (Lipinski definition) is 18. The molecule has 6 aromatic carbocycles. The second-order valence-electron chi connectivity index (χ2n) is 14.5. The maximum absolute atomic E-state index is 12.0. The predicted octanol–water partition coefficient (Wildman–Crippen LogP) is 3.77. The maximum Gasteiger partial charge on any atom is 1.00 e. The van der Waals surface area contributed by atoms with E-state index in [-0.39, 0.29) is 188 Å². The van der Waals surface area contributed by atoms with E-state index in [4.69, 9.17) is 45.2 Å². The Kier molecular flexibility index (Phi) is 43.6. The van der Waals surface area contributed by atoms with Crippen molar-refractivity contribution in [2.75, 3.05) is 47.0 Å². The number of benzene rings is 6. The quantitative estimate of drug-likeness (QED) is 0.0279. The molecule has 0 fully saturated rings. The number of nitrogens with zero attached hydrogens (tertiary/aromatic N) is 1. The van der Waals surface area contributed by atoms with Crippen LogP contribution in [-0.2, 0) is 43.2 Å². The standard InChI is InChI=1S/C16H20N2O3S2.C15H16N2O4S2.C15H18N2O3S2.3Ac.BHO.Na.H2O2/c1-18(2)11-12-10-15(23(17,19)20)8-9-16(12)21-13-4-6-14(22-3)7-5-13;1-17-15(18)13-9-12(23(16,19)20)7-8-14(13)21-10-3-5-11(22-2)6-4-10;1-17-10-11-9-14(22(16,18)19)7-8-15(11)20-12-3-5-13(21-2)6-4-12;;;;1-2;;1-2/h4-10H,11H2,1-3H3,(H2,17,19,20);3-9H,1-2H3,(H,17,18)(H2,16,19,20);3-9,17H,10H2,1-2H3,(H2,16,18,19);;;;2H;;1-2H/q;;;;;;-1;+1;. The fourth-order valence-corrected chi connectivity index (χ4v) is 8.75. The zero-order valence-electron chi connectivity index (χ0n) is 42.9. The van der Waals surface area contributed by atoms with E-state index in [0.29, 0.717) is 41.8 Å². The van der Waals surface area contributed by atoms with Crippen LogP contribution in [0.1, 0.15) is 21.5 Å². The molecule has 1 amide bonds. The zero-order chi connectivity index (χ0) is 54.2. The first-order valence-electron chi connectivity index (χ1n) is 20.5. The minimum Gasteiger partial charge on any atom is -0.715 e. The van der Waals surface area contributed by atoms with E-state index < -0.39 is 36.0 Å². The molecular formula is C46H57Ac3BN6NaO13S6. The van der Waals surface area contributed by atoms with E-state index in [1.807, 2.05) is 98.4 Å². The molecule has 6 aromatic rings. The number of hydrogen-bond donors (Lipinski definition) is 8. The number of nitrogens with one attached hydrogen (secondary N) is 2. The minimum absolute atomic E-state index is 0. The van der Waals surface area contributed by atoms with Gasteiger partial charge in [0, 0.05) is 178 Å². The second-order valence-corrected chi connectivity index (χ2v) is 21.8. The first-order valence-corrected chi connectivity index (χ1v) is 28.8. The van der Waals surface area contributed by atoms with Crippen LogP contribution in [0.2, 0.25) is 0 Å². The van der Waals surface area contributed by atoms with Gasteiger partial charge in [0.25, 0.3) is 5.91 Å². The third-order valence-electron chi connectivity index (χ3n) is 9.19. The van der Waals surface area contributed by atoms with Crippen LogP contribution in [0.4, 0.5) is 0 Å². The van der Waals surface area contributed by atoms with Crippen molar-refractivity contribution < 1.29 is 222 Å².